The Bertz CT molecular complexity index is 598. The van der Waals surface area contributed by atoms with Gasteiger partial charge in [-0.2, -0.15) is 8.78 Å². The number of guanidine groups is 1. The van der Waals surface area contributed by atoms with E-state index in [0.29, 0.717) is 29.7 Å². The summed E-state index contributed by atoms with van der Waals surface area (Å²) in [6.07, 6.45) is 0. The Balaban J connectivity index is 0.00000676. The maximum Gasteiger partial charge on any atom is 0.387 e. The molecule has 0 heterocycles. The molecule has 0 amide bonds. The maximum atomic E-state index is 12.6. The third kappa shape index (κ3) is 10.5. The maximum absolute atomic E-state index is 12.6. The van der Waals surface area contributed by atoms with Crippen molar-refractivity contribution in [2.75, 3.05) is 47.4 Å². The van der Waals surface area contributed by atoms with Crippen LogP contribution >= 0.6 is 47.2 Å². The minimum atomic E-state index is -2.98. The zero-order chi connectivity index (χ0) is 19.5. The van der Waals surface area contributed by atoms with Gasteiger partial charge in [0.1, 0.15) is 5.75 Å². The molecule has 0 saturated carbocycles. The average Bonchev–Trinajstić information content (AvgIpc) is 2.58. The Morgan fingerprint density at radius 1 is 1.26 bits per heavy atom. The van der Waals surface area contributed by atoms with Gasteiger partial charge in [0, 0.05) is 50.9 Å². The number of halogens is 5. The predicted molar refractivity (Wildman–Crippen MR) is 116 cm³/mol. The van der Waals surface area contributed by atoms with Gasteiger partial charge in [-0.3, -0.25) is 4.99 Å². The molecular weight excluding hydrogens is 516 g/mol. The molecule has 0 saturated heterocycles. The van der Waals surface area contributed by atoms with Crippen LogP contribution in [0.5, 0.6) is 5.75 Å². The van der Waals surface area contributed by atoms with Crippen molar-refractivity contribution in [2.45, 2.75) is 13.2 Å². The summed E-state index contributed by atoms with van der Waals surface area (Å²) in [5, 5.41) is 6.52. The fraction of sp³-hybridized carbons (Fsp3) is 0.562. The van der Waals surface area contributed by atoms with E-state index in [2.05, 4.69) is 25.3 Å². The van der Waals surface area contributed by atoms with Gasteiger partial charge in [0.25, 0.3) is 0 Å². The van der Waals surface area contributed by atoms with Crippen LogP contribution in [0.4, 0.5) is 8.78 Å². The number of methoxy groups -OCH3 is 1. The Hall–Kier alpha value is -0.620. The van der Waals surface area contributed by atoms with E-state index < -0.39 is 6.61 Å². The van der Waals surface area contributed by atoms with E-state index in [1.54, 1.807) is 14.2 Å². The monoisotopic (exact) mass is 540 g/mol. The highest BCUT2D eigenvalue weighted by atomic mass is 127. The minimum absolute atomic E-state index is 0. The normalized spacial score (nSPS) is 11.5. The van der Waals surface area contributed by atoms with E-state index in [1.165, 1.54) is 12.1 Å². The van der Waals surface area contributed by atoms with Crippen LogP contribution in [0.15, 0.2) is 17.1 Å². The van der Waals surface area contributed by atoms with Gasteiger partial charge in [-0.25, -0.2) is 0 Å². The van der Waals surface area contributed by atoms with Gasteiger partial charge in [0.15, 0.2) is 5.96 Å². The lowest BCUT2D eigenvalue weighted by Crippen LogP contribution is -2.41. The van der Waals surface area contributed by atoms with E-state index in [0.717, 1.165) is 13.1 Å². The molecule has 27 heavy (non-hydrogen) atoms. The molecule has 0 aliphatic carbocycles. The molecule has 0 bridgehead atoms. The summed E-state index contributed by atoms with van der Waals surface area (Å²) in [5.41, 5.74) is 0.406. The van der Waals surface area contributed by atoms with Gasteiger partial charge in [-0.1, -0.05) is 23.2 Å². The zero-order valence-corrected chi connectivity index (χ0v) is 19.2. The first-order chi connectivity index (χ1) is 12.4. The molecule has 0 atom stereocenters. The lowest BCUT2D eigenvalue weighted by Gasteiger charge is -2.18. The number of alkyl halides is 2. The Kier molecular flexibility index (Phi) is 14.1. The molecular formula is C16H25Cl2F2IN4O2. The molecule has 1 aromatic carbocycles. The topological polar surface area (TPSA) is 58.1 Å². The van der Waals surface area contributed by atoms with Crippen molar-refractivity contribution in [3.8, 4) is 5.75 Å². The third-order valence-electron chi connectivity index (χ3n) is 3.43. The number of aliphatic imine (C=N–C) groups is 1. The van der Waals surface area contributed by atoms with Crippen molar-refractivity contribution in [3.05, 3.63) is 27.7 Å². The summed E-state index contributed by atoms with van der Waals surface area (Å²) < 4.78 is 34.7. The van der Waals surface area contributed by atoms with Crippen LogP contribution in [0.2, 0.25) is 10.0 Å². The zero-order valence-electron chi connectivity index (χ0n) is 15.4. The van der Waals surface area contributed by atoms with Gasteiger partial charge >= 0.3 is 6.61 Å². The summed E-state index contributed by atoms with van der Waals surface area (Å²) >= 11 is 11.9. The summed E-state index contributed by atoms with van der Waals surface area (Å²) in [4.78, 5) is 6.20. The SMILES string of the molecule is CN=C(NCCN(C)CCOC)NCc1cc(Cl)cc(Cl)c1OC(F)F.I. The van der Waals surface area contributed by atoms with Crippen molar-refractivity contribution in [1.82, 2.24) is 15.5 Å². The molecule has 0 radical (unpaired) electrons. The van der Waals surface area contributed by atoms with Crippen molar-refractivity contribution in [2.24, 2.45) is 4.99 Å². The standard InChI is InChI=1S/C16H24Cl2F2N4O2.HI/c1-21-16(22-4-5-24(2)6-7-25-3)23-10-11-8-12(17)9-13(18)14(11)26-15(19)20;/h8-9,15H,4-7,10H2,1-3H3,(H2,21,22,23);1H. The molecule has 156 valence electrons. The van der Waals surface area contributed by atoms with E-state index in [1.807, 2.05) is 7.05 Å². The molecule has 2 N–H and O–H groups in total. The fourth-order valence-corrected chi connectivity index (χ4v) is 2.67. The van der Waals surface area contributed by atoms with Crippen molar-refractivity contribution < 1.29 is 18.3 Å². The molecule has 0 aliphatic rings. The Labute approximate surface area is 185 Å². The average molecular weight is 541 g/mol. The number of nitrogens with zero attached hydrogens (tertiary/aromatic N) is 2. The van der Waals surface area contributed by atoms with Crippen LogP contribution in [0.1, 0.15) is 5.56 Å². The molecule has 0 aromatic heterocycles. The fourth-order valence-electron chi connectivity index (χ4n) is 2.09. The molecule has 6 nitrogen and oxygen atoms in total. The molecule has 0 aliphatic heterocycles. The lowest BCUT2D eigenvalue weighted by atomic mass is 10.2. The summed E-state index contributed by atoms with van der Waals surface area (Å²) in [5.74, 6) is 0.414. The lowest BCUT2D eigenvalue weighted by molar-refractivity contribution is -0.0504. The van der Waals surface area contributed by atoms with Crippen LogP contribution in [-0.4, -0.2) is 64.9 Å². The number of rotatable bonds is 10. The van der Waals surface area contributed by atoms with E-state index in [9.17, 15) is 8.78 Å². The third-order valence-corrected chi connectivity index (χ3v) is 3.92. The number of nitrogens with one attached hydrogen (secondary N) is 2. The molecule has 1 rings (SSSR count). The van der Waals surface area contributed by atoms with Crippen LogP contribution in [0.3, 0.4) is 0 Å². The first-order valence-corrected chi connectivity index (χ1v) is 8.67. The number of hydrogen-bond donors (Lipinski definition) is 2. The van der Waals surface area contributed by atoms with Gasteiger partial charge in [0.2, 0.25) is 0 Å². The van der Waals surface area contributed by atoms with Crippen molar-refractivity contribution in [3.63, 3.8) is 0 Å². The van der Waals surface area contributed by atoms with E-state index in [4.69, 9.17) is 27.9 Å². The first-order valence-electron chi connectivity index (χ1n) is 7.92. The number of hydrogen-bond acceptors (Lipinski definition) is 4. The summed E-state index contributed by atoms with van der Waals surface area (Å²) in [6, 6.07) is 2.87. The molecule has 0 fully saturated rings. The van der Waals surface area contributed by atoms with Crippen LogP contribution in [-0.2, 0) is 11.3 Å². The van der Waals surface area contributed by atoms with Gasteiger partial charge in [0.05, 0.1) is 11.6 Å². The van der Waals surface area contributed by atoms with Crippen LogP contribution in [0, 0.1) is 0 Å². The Morgan fingerprint density at radius 2 is 1.96 bits per heavy atom. The second-order valence-corrected chi connectivity index (χ2v) is 6.25. The highest BCUT2D eigenvalue weighted by Crippen LogP contribution is 2.33. The molecule has 0 spiro atoms. The summed E-state index contributed by atoms with van der Waals surface area (Å²) in [7, 11) is 5.26. The Morgan fingerprint density at radius 3 is 2.56 bits per heavy atom. The van der Waals surface area contributed by atoms with E-state index >= 15 is 0 Å². The van der Waals surface area contributed by atoms with Crippen molar-refractivity contribution >= 4 is 53.1 Å². The highest BCUT2D eigenvalue weighted by molar-refractivity contribution is 14.0. The number of ether oxygens (including phenoxy) is 2. The minimum Gasteiger partial charge on any atom is -0.433 e. The van der Waals surface area contributed by atoms with Gasteiger partial charge < -0.3 is 25.0 Å². The second-order valence-electron chi connectivity index (χ2n) is 5.40. The smallest absolute Gasteiger partial charge is 0.387 e. The second kappa shape index (κ2) is 14.4. The number of benzene rings is 1. The van der Waals surface area contributed by atoms with Crippen LogP contribution in [0.25, 0.3) is 0 Å². The highest BCUT2D eigenvalue weighted by Gasteiger charge is 2.15. The van der Waals surface area contributed by atoms with Crippen LogP contribution < -0.4 is 15.4 Å². The predicted octanol–water partition coefficient (Wildman–Crippen LogP) is 3.46. The molecule has 1 aromatic rings. The quantitative estimate of drug-likeness (QED) is 0.270. The van der Waals surface area contributed by atoms with E-state index in [-0.39, 0.29) is 41.3 Å². The van der Waals surface area contributed by atoms with Crippen molar-refractivity contribution in [1.29, 1.82) is 0 Å². The molecule has 11 heteroatoms. The molecule has 0 unspecified atom stereocenters. The first kappa shape index (κ1) is 26.4. The van der Waals surface area contributed by atoms with Gasteiger partial charge in [-0.05, 0) is 19.2 Å². The number of likely N-dealkylation sites (N-methyl/N-ethyl adjacent to an activating group) is 1. The van der Waals surface area contributed by atoms with Gasteiger partial charge in [-0.15, -0.1) is 24.0 Å². The summed E-state index contributed by atoms with van der Waals surface area (Å²) in [6.45, 7) is 0.101. The largest absolute Gasteiger partial charge is 0.433 e.